The molecule has 1 atom stereocenters. The van der Waals surface area contributed by atoms with Crippen molar-refractivity contribution in [2.75, 3.05) is 20.3 Å². The molecule has 0 aromatic heterocycles. The number of aliphatic hydroxyl groups is 1. The maximum absolute atomic E-state index is 11.4. The lowest BCUT2D eigenvalue weighted by Gasteiger charge is -2.14. The van der Waals surface area contributed by atoms with Gasteiger partial charge in [-0.05, 0) is 43.0 Å². The van der Waals surface area contributed by atoms with Crippen molar-refractivity contribution in [3.8, 4) is 5.75 Å². The lowest BCUT2D eigenvalue weighted by Crippen LogP contribution is -2.43. The second-order valence-corrected chi connectivity index (χ2v) is 4.51. The first-order valence-electron chi connectivity index (χ1n) is 6.28. The largest absolute Gasteiger partial charge is 0.496 e. The van der Waals surface area contributed by atoms with E-state index in [9.17, 15) is 4.79 Å². The first kappa shape index (κ1) is 15.5. The molecule has 0 spiro atoms. The summed E-state index contributed by atoms with van der Waals surface area (Å²) in [6.45, 7) is 4.21. The van der Waals surface area contributed by atoms with Crippen molar-refractivity contribution in [1.82, 2.24) is 5.32 Å². The Bertz CT molecular complexity index is 447. The Morgan fingerprint density at radius 2 is 2.11 bits per heavy atom. The number of ether oxygens (including phenoxy) is 1. The number of amides is 1. The minimum absolute atomic E-state index is 0.328. The number of aliphatic hydroxyl groups excluding tert-OH is 1. The molecule has 0 fully saturated rings. The summed E-state index contributed by atoms with van der Waals surface area (Å²) in [5.74, 6) is 0.540. The molecule has 0 aliphatic heterocycles. The van der Waals surface area contributed by atoms with Crippen LogP contribution in [0.25, 0.3) is 0 Å². The Morgan fingerprint density at radius 3 is 2.68 bits per heavy atom. The van der Waals surface area contributed by atoms with Crippen LogP contribution < -0.4 is 15.8 Å². The zero-order valence-corrected chi connectivity index (χ0v) is 11.7. The van der Waals surface area contributed by atoms with Gasteiger partial charge in [0.05, 0.1) is 13.7 Å². The first-order chi connectivity index (χ1) is 9.01. The number of benzene rings is 1. The Hall–Kier alpha value is -1.59. The molecular weight excluding hydrogens is 244 g/mol. The molecule has 1 rings (SSSR count). The van der Waals surface area contributed by atoms with E-state index in [1.165, 1.54) is 5.56 Å². The molecule has 19 heavy (non-hydrogen) atoms. The van der Waals surface area contributed by atoms with Crippen LogP contribution in [0.5, 0.6) is 5.75 Å². The van der Waals surface area contributed by atoms with Crippen LogP contribution in [0.4, 0.5) is 0 Å². The summed E-state index contributed by atoms with van der Waals surface area (Å²) in [5, 5.41) is 11.5. The van der Waals surface area contributed by atoms with E-state index in [2.05, 4.69) is 5.32 Å². The fourth-order valence-corrected chi connectivity index (χ4v) is 1.88. The van der Waals surface area contributed by atoms with Gasteiger partial charge in [-0.15, -0.1) is 0 Å². The van der Waals surface area contributed by atoms with Crippen LogP contribution in [0, 0.1) is 13.8 Å². The van der Waals surface area contributed by atoms with Gasteiger partial charge in [0.15, 0.2) is 0 Å². The van der Waals surface area contributed by atoms with Crippen LogP contribution in [0.15, 0.2) is 12.1 Å². The molecule has 0 radical (unpaired) electrons. The summed E-state index contributed by atoms with van der Waals surface area (Å²) in [6, 6.07) is 3.08. The highest BCUT2D eigenvalue weighted by molar-refractivity contribution is 5.81. The minimum atomic E-state index is -0.848. The number of rotatable bonds is 6. The number of carbonyl (C=O) groups excluding carboxylic acids is 1. The molecule has 0 aliphatic carbocycles. The van der Waals surface area contributed by atoms with Crippen molar-refractivity contribution in [3.05, 3.63) is 28.8 Å². The lowest BCUT2D eigenvalue weighted by atomic mass is 10.00. The van der Waals surface area contributed by atoms with Crippen LogP contribution in [0.1, 0.15) is 16.7 Å². The molecule has 1 aromatic carbocycles. The lowest BCUT2D eigenvalue weighted by molar-refractivity contribution is -0.123. The Labute approximate surface area is 113 Å². The van der Waals surface area contributed by atoms with E-state index >= 15 is 0 Å². The van der Waals surface area contributed by atoms with Gasteiger partial charge < -0.3 is 20.9 Å². The molecule has 5 nitrogen and oxygen atoms in total. The maximum atomic E-state index is 11.4. The summed E-state index contributed by atoms with van der Waals surface area (Å²) in [5.41, 5.74) is 8.85. The van der Waals surface area contributed by atoms with Crippen LogP contribution in [0.3, 0.4) is 0 Å². The number of hydrogen-bond acceptors (Lipinski definition) is 4. The van der Waals surface area contributed by atoms with Gasteiger partial charge in [-0.1, -0.05) is 6.07 Å². The Balaban J connectivity index is 2.59. The van der Waals surface area contributed by atoms with Crippen molar-refractivity contribution in [2.45, 2.75) is 26.3 Å². The van der Waals surface area contributed by atoms with Gasteiger partial charge in [0.1, 0.15) is 11.8 Å². The van der Waals surface area contributed by atoms with E-state index in [-0.39, 0.29) is 12.5 Å². The molecule has 106 valence electrons. The van der Waals surface area contributed by atoms with Crippen molar-refractivity contribution in [3.63, 3.8) is 0 Å². The fourth-order valence-electron chi connectivity index (χ4n) is 1.88. The second kappa shape index (κ2) is 7.11. The number of nitrogens with two attached hydrogens (primary N) is 1. The topological polar surface area (TPSA) is 84.6 Å². The molecular formula is C14H22N2O3. The van der Waals surface area contributed by atoms with Gasteiger partial charge >= 0.3 is 0 Å². The van der Waals surface area contributed by atoms with Crippen LogP contribution in [-0.2, 0) is 11.2 Å². The van der Waals surface area contributed by atoms with Crippen molar-refractivity contribution < 1.29 is 14.6 Å². The predicted molar refractivity (Wildman–Crippen MR) is 74.2 cm³/mol. The zero-order valence-electron chi connectivity index (χ0n) is 11.7. The summed E-state index contributed by atoms with van der Waals surface area (Å²) >= 11 is 0. The smallest absolute Gasteiger partial charge is 0.239 e. The van der Waals surface area contributed by atoms with Gasteiger partial charge in [0.25, 0.3) is 0 Å². The van der Waals surface area contributed by atoms with Crippen LogP contribution >= 0.6 is 0 Å². The molecule has 1 unspecified atom stereocenters. The van der Waals surface area contributed by atoms with E-state index in [1.54, 1.807) is 7.11 Å². The molecule has 0 saturated heterocycles. The maximum Gasteiger partial charge on any atom is 0.239 e. The molecule has 5 heteroatoms. The highest BCUT2D eigenvalue weighted by Gasteiger charge is 2.11. The summed E-state index contributed by atoms with van der Waals surface area (Å²) in [4.78, 5) is 11.4. The van der Waals surface area contributed by atoms with Crippen LogP contribution in [0.2, 0.25) is 0 Å². The Morgan fingerprint density at radius 1 is 1.42 bits per heavy atom. The zero-order chi connectivity index (χ0) is 14.4. The molecule has 0 saturated carbocycles. The third-order valence-electron chi connectivity index (χ3n) is 3.30. The molecule has 0 aliphatic rings. The second-order valence-electron chi connectivity index (χ2n) is 4.51. The molecule has 0 bridgehead atoms. The van der Waals surface area contributed by atoms with E-state index in [1.807, 2.05) is 26.0 Å². The average molecular weight is 266 g/mol. The monoisotopic (exact) mass is 266 g/mol. The number of nitrogens with one attached hydrogen (secondary N) is 1. The first-order valence-corrected chi connectivity index (χ1v) is 6.28. The van der Waals surface area contributed by atoms with E-state index in [0.29, 0.717) is 6.54 Å². The SMILES string of the molecule is COc1ccc(CCNC(=O)C(N)CO)c(C)c1C. The van der Waals surface area contributed by atoms with Gasteiger partial charge in [-0.25, -0.2) is 0 Å². The molecule has 0 heterocycles. The van der Waals surface area contributed by atoms with Crippen molar-refractivity contribution in [1.29, 1.82) is 0 Å². The molecule has 1 amide bonds. The highest BCUT2D eigenvalue weighted by Crippen LogP contribution is 2.23. The van der Waals surface area contributed by atoms with Crippen molar-refractivity contribution >= 4 is 5.91 Å². The fraction of sp³-hybridized carbons (Fsp3) is 0.500. The van der Waals surface area contributed by atoms with Crippen LogP contribution in [-0.4, -0.2) is 37.3 Å². The number of hydrogen-bond donors (Lipinski definition) is 3. The van der Waals surface area contributed by atoms with Gasteiger partial charge in [-0.2, -0.15) is 0 Å². The number of methoxy groups -OCH3 is 1. The van der Waals surface area contributed by atoms with Gasteiger partial charge in [0.2, 0.25) is 5.91 Å². The van der Waals surface area contributed by atoms with E-state index < -0.39 is 6.04 Å². The van der Waals surface area contributed by atoms with E-state index in [4.69, 9.17) is 15.6 Å². The minimum Gasteiger partial charge on any atom is -0.496 e. The summed E-state index contributed by atoms with van der Waals surface area (Å²) in [7, 11) is 1.65. The third-order valence-corrected chi connectivity index (χ3v) is 3.30. The quantitative estimate of drug-likeness (QED) is 0.691. The van der Waals surface area contributed by atoms with Gasteiger partial charge in [0, 0.05) is 6.54 Å². The van der Waals surface area contributed by atoms with Crippen molar-refractivity contribution in [2.24, 2.45) is 5.73 Å². The molecule has 1 aromatic rings. The van der Waals surface area contributed by atoms with Gasteiger partial charge in [-0.3, -0.25) is 4.79 Å². The summed E-state index contributed by atoms with van der Waals surface area (Å²) < 4.78 is 5.26. The number of carbonyl (C=O) groups is 1. The standard InChI is InChI=1S/C14H22N2O3/c1-9-10(2)13(19-3)5-4-11(9)6-7-16-14(18)12(15)8-17/h4-5,12,17H,6-8,15H2,1-3H3,(H,16,18). The summed E-state index contributed by atoms with van der Waals surface area (Å²) in [6.07, 6.45) is 0.723. The highest BCUT2D eigenvalue weighted by atomic mass is 16.5. The average Bonchev–Trinajstić information content (AvgIpc) is 2.42. The molecule has 4 N–H and O–H groups in total. The Kier molecular flexibility index (Phi) is 5.79. The normalized spacial score (nSPS) is 12.1. The third kappa shape index (κ3) is 3.94. The van der Waals surface area contributed by atoms with E-state index in [0.717, 1.165) is 23.3 Å². The predicted octanol–water partition coefficient (Wildman–Crippen LogP) is 0.290.